The number of hydrogen-bond donors (Lipinski definition) is 0. The molecule has 0 spiro atoms. The second-order valence-corrected chi connectivity index (χ2v) is 4.28. The maximum atomic E-state index is 5.86. The highest BCUT2D eigenvalue weighted by Crippen LogP contribution is 2.30. The molecule has 1 heterocycles. The molecule has 0 radical (unpaired) electrons. The van der Waals surface area contributed by atoms with Crippen LogP contribution < -0.4 is 0 Å². The van der Waals surface area contributed by atoms with Crippen molar-refractivity contribution in [2.45, 2.75) is 13.8 Å². The lowest BCUT2D eigenvalue weighted by molar-refractivity contribution is 0.669. The Morgan fingerprint density at radius 3 is 2.59 bits per heavy atom. The van der Waals surface area contributed by atoms with Crippen LogP contribution in [0, 0.1) is 0 Å². The van der Waals surface area contributed by atoms with Crippen LogP contribution in [-0.2, 0) is 0 Å². The van der Waals surface area contributed by atoms with Crippen molar-refractivity contribution in [3.8, 4) is 0 Å². The van der Waals surface area contributed by atoms with Crippen molar-refractivity contribution in [1.29, 1.82) is 0 Å². The van der Waals surface area contributed by atoms with E-state index >= 15 is 0 Å². The molecule has 0 aliphatic heterocycles. The first-order valence-electron chi connectivity index (χ1n) is 5.84. The highest BCUT2D eigenvalue weighted by Gasteiger charge is 2.06. The Morgan fingerprint density at radius 1 is 1.00 bits per heavy atom. The van der Waals surface area contributed by atoms with Crippen molar-refractivity contribution >= 4 is 27.5 Å². The average Bonchev–Trinajstić information content (AvgIpc) is 2.75. The smallest absolute Gasteiger partial charge is 0.136 e. The molecule has 2 aromatic carbocycles. The van der Waals surface area contributed by atoms with Gasteiger partial charge in [-0.1, -0.05) is 30.3 Å². The Kier molecular flexibility index (Phi) is 2.25. The third-order valence-corrected chi connectivity index (χ3v) is 3.27. The van der Waals surface area contributed by atoms with E-state index in [0.717, 1.165) is 11.2 Å². The van der Waals surface area contributed by atoms with Crippen LogP contribution in [0.4, 0.5) is 0 Å². The third kappa shape index (κ3) is 1.55. The molecule has 0 saturated carbocycles. The van der Waals surface area contributed by atoms with Crippen LogP contribution in [0.3, 0.4) is 0 Å². The molecule has 1 aromatic heterocycles. The minimum Gasteiger partial charge on any atom is -0.456 e. The van der Waals surface area contributed by atoms with Crippen molar-refractivity contribution in [2.75, 3.05) is 0 Å². The summed E-state index contributed by atoms with van der Waals surface area (Å²) < 4.78 is 5.86. The molecule has 0 saturated heterocycles. The highest BCUT2D eigenvalue weighted by molar-refractivity contribution is 6.05. The van der Waals surface area contributed by atoms with Crippen LogP contribution in [0.5, 0.6) is 0 Å². The first kappa shape index (κ1) is 10.2. The van der Waals surface area contributed by atoms with E-state index in [-0.39, 0.29) is 0 Å². The van der Waals surface area contributed by atoms with Crippen molar-refractivity contribution in [1.82, 2.24) is 0 Å². The van der Waals surface area contributed by atoms with Gasteiger partial charge in [0, 0.05) is 10.8 Å². The maximum Gasteiger partial charge on any atom is 0.136 e. The van der Waals surface area contributed by atoms with E-state index in [1.807, 2.05) is 18.2 Å². The van der Waals surface area contributed by atoms with Crippen LogP contribution >= 0.6 is 0 Å². The van der Waals surface area contributed by atoms with E-state index in [0.29, 0.717) is 0 Å². The lowest BCUT2D eigenvalue weighted by Crippen LogP contribution is -1.77. The number of benzene rings is 2. The SMILES string of the molecule is C/C=C(\C)c1ccc2c(c1)oc1ccccc12. The third-order valence-electron chi connectivity index (χ3n) is 3.27. The van der Waals surface area contributed by atoms with E-state index in [1.165, 1.54) is 21.9 Å². The summed E-state index contributed by atoms with van der Waals surface area (Å²) >= 11 is 0. The van der Waals surface area contributed by atoms with Gasteiger partial charge < -0.3 is 4.42 Å². The Balaban J connectivity index is 2.34. The van der Waals surface area contributed by atoms with Crippen LogP contribution in [0.15, 0.2) is 53.0 Å². The molecular weight excluding hydrogens is 208 g/mol. The molecule has 1 heteroatoms. The van der Waals surface area contributed by atoms with Crippen molar-refractivity contribution in [2.24, 2.45) is 0 Å². The number of para-hydroxylation sites is 1. The van der Waals surface area contributed by atoms with Crippen molar-refractivity contribution < 1.29 is 4.42 Å². The van der Waals surface area contributed by atoms with Gasteiger partial charge in [0.05, 0.1) is 0 Å². The molecule has 0 amide bonds. The molecule has 1 nitrogen and oxygen atoms in total. The maximum absolute atomic E-state index is 5.86. The van der Waals surface area contributed by atoms with Gasteiger partial charge in [-0.05, 0) is 43.2 Å². The summed E-state index contributed by atoms with van der Waals surface area (Å²) in [5.74, 6) is 0. The monoisotopic (exact) mass is 222 g/mol. The fourth-order valence-corrected chi connectivity index (χ4v) is 2.14. The van der Waals surface area contributed by atoms with E-state index in [1.54, 1.807) is 0 Å². The molecule has 3 rings (SSSR count). The summed E-state index contributed by atoms with van der Waals surface area (Å²) in [5, 5.41) is 2.38. The van der Waals surface area contributed by atoms with Gasteiger partial charge in [-0.25, -0.2) is 0 Å². The van der Waals surface area contributed by atoms with Gasteiger partial charge in [-0.3, -0.25) is 0 Å². The summed E-state index contributed by atoms with van der Waals surface area (Å²) in [6, 6.07) is 14.6. The quantitative estimate of drug-likeness (QED) is 0.564. The minimum atomic E-state index is 0.956. The Bertz CT molecular complexity index is 717. The minimum absolute atomic E-state index is 0.956. The zero-order chi connectivity index (χ0) is 11.8. The van der Waals surface area contributed by atoms with Gasteiger partial charge in [0.25, 0.3) is 0 Å². The molecule has 84 valence electrons. The number of hydrogen-bond acceptors (Lipinski definition) is 1. The second kappa shape index (κ2) is 3.77. The molecule has 0 aliphatic carbocycles. The molecule has 0 fully saturated rings. The summed E-state index contributed by atoms with van der Waals surface area (Å²) in [6.07, 6.45) is 2.11. The summed E-state index contributed by atoms with van der Waals surface area (Å²) in [7, 11) is 0. The first-order chi connectivity index (χ1) is 8.29. The average molecular weight is 222 g/mol. The zero-order valence-electron chi connectivity index (χ0n) is 10.0. The normalized spacial score (nSPS) is 12.5. The predicted octanol–water partition coefficient (Wildman–Crippen LogP) is 5.01. The van der Waals surface area contributed by atoms with E-state index in [2.05, 4.69) is 44.2 Å². The number of fused-ring (bicyclic) bond motifs is 3. The van der Waals surface area contributed by atoms with Crippen LogP contribution in [0.2, 0.25) is 0 Å². The number of allylic oxidation sites excluding steroid dienone is 2. The standard InChI is InChI=1S/C16H14O/c1-3-11(2)12-8-9-14-13-6-4-5-7-15(13)17-16(14)10-12/h3-10H,1-2H3/b11-3+. The molecule has 0 aliphatic rings. The Labute approximate surface area is 100 Å². The van der Waals surface area contributed by atoms with Crippen LogP contribution in [-0.4, -0.2) is 0 Å². The number of rotatable bonds is 1. The summed E-state index contributed by atoms with van der Waals surface area (Å²) in [5.41, 5.74) is 4.41. The molecule has 0 atom stereocenters. The summed E-state index contributed by atoms with van der Waals surface area (Å²) in [4.78, 5) is 0. The first-order valence-corrected chi connectivity index (χ1v) is 5.84. The van der Waals surface area contributed by atoms with Crippen LogP contribution in [0.25, 0.3) is 27.5 Å². The number of furan rings is 1. The summed E-state index contributed by atoms with van der Waals surface area (Å²) in [6.45, 7) is 4.17. The van der Waals surface area contributed by atoms with Crippen molar-refractivity contribution in [3.63, 3.8) is 0 Å². The van der Waals surface area contributed by atoms with E-state index in [4.69, 9.17) is 4.42 Å². The van der Waals surface area contributed by atoms with Gasteiger partial charge in [0.1, 0.15) is 11.2 Å². The van der Waals surface area contributed by atoms with Gasteiger partial charge in [0.2, 0.25) is 0 Å². The molecule has 3 aromatic rings. The Hall–Kier alpha value is -2.02. The molecular formula is C16H14O. The lowest BCUT2D eigenvalue weighted by atomic mass is 10.0. The fraction of sp³-hybridized carbons (Fsp3) is 0.125. The van der Waals surface area contributed by atoms with E-state index < -0.39 is 0 Å². The van der Waals surface area contributed by atoms with Gasteiger partial charge in [-0.2, -0.15) is 0 Å². The largest absolute Gasteiger partial charge is 0.456 e. The van der Waals surface area contributed by atoms with E-state index in [9.17, 15) is 0 Å². The topological polar surface area (TPSA) is 13.1 Å². The van der Waals surface area contributed by atoms with Gasteiger partial charge in [0.15, 0.2) is 0 Å². The van der Waals surface area contributed by atoms with Gasteiger partial charge >= 0.3 is 0 Å². The van der Waals surface area contributed by atoms with Crippen LogP contribution in [0.1, 0.15) is 19.4 Å². The second-order valence-electron chi connectivity index (χ2n) is 4.28. The fourth-order valence-electron chi connectivity index (χ4n) is 2.14. The molecule has 0 bridgehead atoms. The lowest BCUT2D eigenvalue weighted by Gasteiger charge is -1.99. The Morgan fingerprint density at radius 2 is 1.76 bits per heavy atom. The van der Waals surface area contributed by atoms with Gasteiger partial charge in [-0.15, -0.1) is 0 Å². The highest BCUT2D eigenvalue weighted by atomic mass is 16.3. The molecule has 17 heavy (non-hydrogen) atoms. The zero-order valence-corrected chi connectivity index (χ0v) is 10.0. The molecule has 0 unspecified atom stereocenters. The van der Waals surface area contributed by atoms with Crippen molar-refractivity contribution in [3.05, 3.63) is 54.1 Å². The molecule has 0 N–H and O–H groups in total. The predicted molar refractivity (Wildman–Crippen MR) is 73.0 cm³/mol.